The number of fused-ring (bicyclic) bond motifs is 1. The van der Waals surface area contributed by atoms with Gasteiger partial charge in [0.1, 0.15) is 11.6 Å². The van der Waals surface area contributed by atoms with Crippen LogP contribution in [-0.2, 0) is 4.74 Å². The van der Waals surface area contributed by atoms with E-state index in [0.717, 1.165) is 60.2 Å². The molecule has 0 spiro atoms. The van der Waals surface area contributed by atoms with Gasteiger partial charge < -0.3 is 14.7 Å². The van der Waals surface area contributed by atoms with E-state index in [-0.39, 0.29) is 0 Å². The molecule has 4 heterocycles. The van der Waals surface area contributed by atoms with Gasteiger partial charge >= 0.3 is 0 Å². The van der Waals surface area contributed by atoms with Gasteiger partial charge in [-0.15, -0.1) is 0 Å². The number of hydrogen-bond donors (Lipinski definition) is 1. The van der Waals surface area contributed by atoms with Crippen LogP contribution in [0.2, 0.25) is 0 Å². The quantitative estimate of drug-likeness (QED) is 0.758. The Balaban J connectivity index is 1.57. The highest BCUT2D eigenvalue weighted by atomic mass is 16.5. The molecule has 142 valence electrons. The van der Waals surface area contributed by atoms with E-state index in [9.17, 15) is 5.11 Å². The lowest BCUT2D eigenvalue weighted by molar-refractivity contribution is 0.122. The molecule has 7 heteroatoms. The Morgan fingerprint density at radius 2 is 2.00 bits per heavy atom. The molecule has 0 amide bonds. The van der Waals surface area contributed by atoms with Crippen LogP contribution >= 0.6 is 0 Å². The number of anilines is 1. The number of aliphatic hydroxyl groups is 1. The number of aromatic nitrogens is 4. The largest absolute Gasteiger partial charge is 0.389 e. The molecule has 1 saturated heterocycles. The molecule has 28 heavy (non-hydrogen) atoms. The van der Waals surface area contributed by atoms with E-state index in [1.807, 2.05) is 36.7 Å². The van der Waals surface area contributed by atoms with Crippen molar-refractivity contribution in [3.8, 4) is 11.4 Å². The summed E-state index contributed by atoms with van der Waals surface area (Å²) in [5.41, 5.74) is 3.73. The van der Waals surface area contributed by atoms with Gasteiger partial charge in [0.2, 0.25) is 0 Å². The van der Waals surface area contributed by atoms with Gasteiger partial charge in [-0.25, -0.2) is 9.97 Å². The second-order valence-corrected chi connectivity index (χ2v) is 6.93. The molecule has 1 unspecified atom stereocenters. The molecule has 3 aromatic heterocycles. The van der Waals surface area contributed by atoms with E-state index in [0.29, 0.717) is 6.42 Å². The summed E-state index contributed by atoms with van der Waals surface area (Å²) in [6.45, 7) is 3.18. The van der Waals surface area contributed by atoms with Gasteiger partial charge in [-0.3, -0.25) is 9.55 Å². The summed E-state index contributed by atoms with van der Waals surface area (Å²) in [6.07, 6.45) is 11.4. The van der Waals surface area contributed by atoms with Crippen LogP contribution in [-0.4, -0.2) is 57.0 Å². The Bertz CT molecular complexity index is 1050. The van der Waals surface area contributed by atoms with Crippen molar-refractivity contribution in [1.29, 1.82) is 0 Å². The average molecular weight is 375 g/mol. The minimum atomic E-state index is -0.436. The van der Waals surface area contributed by atoms with Crippen LogP contribution < -0.4 is 4.90 Å². The number of pyridine rings is 2. The van der Waals surface area contributed by atoms with Crippen molar-refractivity contribution in [3.05, 3.63) is 55.0 Å². The summed E-state index contributed by atoms with van der Waals surface area (Å²) < 4.78 is 7.50. The Labute approximate surface area is 162 Å². The van der Waals surface area contributed by atoms with Gasteiger partial charge in [-0.05, 0) is 30.7 Å². The summed E-state index contributed by atoms with van der Waals surface area (Å²) in [6, 6.07) is 6.01. The molecule has 5 rings (SSSR count). The zero-order chi connectivity index (χ0) is 18.9. The number of nitrogens with zero attached hydrogens (tertiary/aromatic N) is 5. The smallest absolute Gasteiger partial charge is 0.147 e. The summed E-state index contributed by atoms with van der Waals surface area (Å²) in [4.78, 5) is 16.0. The number of allylic oxidation sites excluding steroid dienone is 2. The second-order valence-electron chi connectivity index (χ2n) is 6.93. The summed E-state index contributed by atoms with van der Waals surface area (Å²) >= 11 is 0. The zero-order valence-corrected chi connectivity index (χ0v) is 15.4. The van der Waals surface area contributed by atoms with E-state index in [1.54, 1.807) is 12.3 Å². The fraction of sp³-hybridized carbons (Fsp3) is 0.286. The van der Waals surface area contributed by atoms with Gasteiger partial charge in [0.25, 0.3) is 0 Å². The Morgan fingerprint density at radius 1 is 1.11 bits per heavy atom. The number of hydrogen-bond acceptors (Lipinski definition) is 6. The van der Waals surface area contributed by atoms with Crippen LogP contribution in [0.3, 0.4) is 0 Å². The van der Waals surface area contributed by atoms with Crippen LogP contribution in [0.1, 0.15) is 6.42 Å². The highest BCUT2D eigenvalue weighted by Crippen LogP contribution is 2.30. The van der Waals surface area contributed by atoms with Crippen molar-refractivity contribution >= 4 is 22.5 Å². The first kappa shape index (κ1) is 17.1. The maximum atomic E-state index is 9.79. The Hall–Kier alpha value is -3.03. The van der Waals surface area contributed by atoms with Crippen molar-refractivity contribution in [1.82, 2.24) is 19.5 Å². The van der Waals surface area contributed by atoms with Crippen molar-refractivity contribution in [2.24, 2.45) is 0 Å². The second kappa shape index (κ2) is 7.18. The molecule has 1 fully saturated rings. The zero-order valence-electron chi connectivity index (χ0n) is 15.4. The van der Waals surface area contributed by atoms with E-state index < -0.39 is 6.10 Å². The summed E-state index contributed by atoms with van der Waals surface area (Å²) in [5.74, 6) is 1.77. The first-order valence-corrected chi connectivity index (χ1v) is 9.48. The van der Waals surface area contributed by atoms with E-state index in [2.05, 4.69) is 25.5 Å². The lowest BCUT2D eigenvalue weighted by Gasteiger charge is -2.27. The SMILES string of the molecule is OC1C=CC(n2c(-c3ccc(N4CCOCC4)nc3)nc3ccncc32)=CC1. The summed E-state index contributed by atoms with van der Waals surface area (Å²) in [7, 11) is 0. The van der Waals surface area contributed by atoms with Crippen molar-refractivity contribution in [2.45, 2.75) is 12.5 Å². The maximum Gasteiger partial charge on any atom is 0.147 e. The lowest BCUT2D eigenvalue weighted by Crippen LogP contribution is -2.36. The molecular weight excluding hydrogens is 354 g/mol. The molecule has 1 aliphatic heterocycles. The molecule has 0 bridgehead atoms. The third-order valence-electron chi connectivity index (χ3n) is 5.11. The van der Waals surface area contributed by atoms with Crippen molar-refractivity contribution < 1.29 is 9.84 Å². The predicted octanol–water partition coefficient (Wildman–Crippen LogP) is 2.49. The Morgan fingerprint density at radius 3 is 2.75 bits per heavy atom. The molecule has 1 aliphatic carbocycles. The van der Waals surface area contributed by atoms with Crippen LogP contribution in [0, 0.1) is 0 Å². The predicted molar refractivity (Wildman–Crippen MR) is 108 cm³/mol. The van der Waals surface area contributed by atoms with Crippen molar-refractivity contribution in [2.75, 3.05) is 31.2 Å². The van der Waals surface area contributed by atoms with Gasteiger partial charge in [-0.2, -0.15) is 0 Å². The number of aliphatic hydroxyl groups excluding tert-OH is 1. The fourth-order valence-electron chi connectivity index (χ4n) is 3.64. The maximum absolute atomic E-state index is 9.79. The molecule has 7 nitrogen and oxygen atoms in total. The highest BCUT2D eigenvalue weighted by molar-refractivity contribution is 5.86. The Kier molecular flexibility index (Phi) is 4.38. The molecule has 0 aromatic carbocycles. The topological polar surface area (TPSA) is 76.3 Å². The van der Waals surface area contributed by atoms with E-state index in [1.165, 1.54) is 0 Å². The molecule has 2 aliphatic rings. The highest BCUT2D eigenvalue weighted by Gasteiger charge is 2.18. The number of ether oxygens (including phenoxy) is 1. The average Bonchev–Trinajstić information content (AvgIpc) is 3.15. The minimum Gasteiger partial charge on any atom is -0.389 e. The normalized spacial score (nSPS) is 19.8. The fourth-order valence-corrected chi connectivity index (χ4v) is 3.64. The monoisotopic (exact) mass is 375 g/mol. The third kappa shape index (κ3) is 3.08. The minimum absolute atomic E-state index is 0.436. The van der Waals surface area contributed by atoms with Gasteiger partial charge in [0.05, 0.1) is 36.5 Å². The number of morpholine rings is 1. The van der Waals surface area contributed by atoms with Gasteiger partial charge in [-0.1, -0.05) is 12.2 Å². The van der Waals surface area contributed by atoms with Crippen LogP contribution in [0.15, 0.2) is 55.0 Å². The van der Waals surface area contributed by atoms with Crippen LogP contribution in [0.5, 0.6) is 0 Å². The number of rotatable bonds is 3. The molecule has 0 saturated carbocycles. The van der Waals surface area contributed by atoms with E-state index in [4.69, 9.17) is 9.72 Å². The van der Waals surface area contributed by atoms with Crippen LogP contribution in [0.25, 0.3) is 28.1 Å². The lowest BCUT2D eigenvalue weighted by atomic mass is 10.1. The van der Waals surface area contributed by atoms with E-state index >= 15 is 0 Å². The molecular formula is C21H21N5O2. The van der Waals surface area contributed by atoms with Crippen LogP contribution in [0.4, 0.5) is 5.82 Å². The third-order valence-corrected chi connectivity index (χ3v) is 5.11. The first-order chi connectivity index (χ1) is 13.8. The molecule has 3 aromatic rings. The molecule has 1 atom stereocenters. The first-order valence-electron chi connectivity index (χ1n) is 9.48. The van der Waals surface area contributed by atoms with Gasteiger partial charge in [0.15, 0.2) is 0 Å². The number of imidazole rings is 1. The van der Waals surface area contributed by atoms with Crippen molar-refractivity contribution in [3.63, 3.8) is 0 Å². The van der Waals surface area contributed by atoms with Gasteiger partial charge in [0, 0.05) is 36.7 Å². The molecule has 0 radical (unpaired) electrons. The summed E-state index contributed by atoms with van der Waals surface area (Å²) in [5, 5.41) is 9.79. The molecule has 1 N–H and O–H groups in total. The standard InChI is InChI=1S/C21H21N5O2/c27-17-4-2-16(3-5-17)26-19-14-22-8-7-18(19)24-21(26)15-1-6-20(23-13-15)25-9-11-28-12-10-25/h1-4,6-8,13-14,17,27H,5,9-12H2.